The van der Waals surface area contributed by atoms with E-state index in [-0.39, 0.29) is 5.76 Å². The first kappa shape index (κ1) is 17.1. The van der Waals surface area contributed by atoms with Gasteiger partial charge in [0.25, 0.3) is 5.91 Å². The summed E-state index contributed by atoms with van der Waals surface area (Å²) in [6.07, 6.45) is -1.93. The van der Waals surface area contributed by atoms with E-state index in [9.17, 15) is 23.1 Å². The number of aryl methyl sites for hydroxylation is 2. The molecule has 1 atom stereocenters. The molecule has 1 unspecified atom stereocenters. The first-order chi connectivity index (χ1) is 10.7. The third kappa shape index (κ3) is 3.24. The summed E-state index contributed by atoms with van der Waals surface area (Å²) in [5.74, 6) is -1.15. The molecule has 23 heavy (non-hydrogen) atoms. The highest BCUT2D eigenvalue weighted by atomic mass is 19.4. The number of carbonyl (C=O) groups is 1. The predicted molar refractivity (Wildman–Crippen MR) is 73.6 cm³/mol. The van der Waals surface area contributed by atoms with Crippen molar-refractivity contribution in [1.29, 1.82) is 0 Å². The molecule has 6 nitrogen and oxygen atoms in total. The summed E-state index contributed by atoms with van der Waals surface area (Å²) < 4.78 is 45.9. The summed E-state index contributed by atoms with van der Waals surface area (Å²) >= 11 is 0. The van der Waals surface area contributed by atoms with Gasteiger partial charge in [-0.25, -0.2) is 4.98 Å². The summed E-state index contributed by atoms with van der Waals surface area (Å²) in [5.41, 5.74) is -2.59. The van der Waals surface area contributed by atoms with Gasteiger partial charge in [0.2, 0.25) is 5.60 Å². The molecule has 2 aromatic rings. The molecule has 2 heterocycles. The number of furan rings is 1. The average Bonchev–Trinajstić information content (AvgIpc) is 3.05. The largest absolute Gasteiger partial charge is 0.459 e. The van der Waals surface area contributed by atoms with Crippen LogP contribution in [0.15, 0.2) is 29.1 Å². The lowest BCUT2D eigenvalue weighted by molar-refractivity contribution is -0.272. The maximum atomic E-state index is 13.3. The molecule has 2 rings (SSSR count). The number of halogens is 3. The molecule has 0 saturated heterocycles. The smallest absolute Gasteiger partial charge is 0.424 e. The highest BCUT2D eigenvalue weighted by Gasteiger charge is 2.57. The number of nitrogens with zero attached hydrogens (tertiary/aromatic N) is 2. The Kier molecular flexibility index (Phi) is 4.51. The standard InChI is InChI=1S/C14H16F3N3O3/c1-9-3-8-23-10(9)11(21)18-5-4-13(22,14(15,16)17)12-19-6-7-20(12)2/h3,6-8,22H,4-5H2,1-2H3,(H,18,21). The van der Waals surface area contributed by atoms with Crippen LogP contribution >= 0.6 is 0 Å². The van der Waals surface area contributed by atoms with Gasteiger partial charge in [0, 0.05) is 38.0 Å². The summed E-state index contributed by atoms with van der Waals surface area (Å²) in [5, 5.41) is 12.4. The molecule has 0 fully saturated rings. The van der Waals surface area contributed by atoms with E-state index in [2.05, 4.69) is 10.3 Å². The van der Waals surface area contributed by atoms with Crippen LogP contribution in [-0.2, 0) is 12.6 Å². The SMILES string of the molecule is Cc1ccoc1C(=O)NCCC(O)(c1nccn1C)C(F)(F)F. The van der Waals surface area contributed by atoms with Crippen molar-refractivity contribution in [1.82, 2.24) is 14.9 Å². The van der Waals surface area contributed by atoms with E-state index in [0.29, 0.717) is 5.56 Å². The van der Waals surface area contributed by atoms with Crippen molar-refractivity contribution in [2.45, 2.75) is 25.1 Å². The summed E-state index contributed by atoms with van der Waals surface area (Å²) in [4.78, 5) is 15.4. The van der Waals surface area contributed by atoms with Gasteiger partial charge in [-0.05, 0) is 13.0 Å². The molecule has 0 saturated carbocycles. The Labute approximate surface area is 129 Å². The zero-order valence-electron chi connectivity index (χ0n) is 12.5. The molecule has 0 radical (unpaired) electrons. The van der Waals surface area contributed by atoms with Crippen molar-refractivity contribution in [2.75, 3.05) is 6.54 Å². The van der Waals surface area contributed by atoms with Crippen LogP contribution in [0.2, 0.25) is 0 Å². The Morgan fingerprint density at radius 3 is 2.65 bits per heavy atom. The fraction of sp³-hybridized carbons (Fsp3) is 0.429. The minimum atomic E-state index is -4.93. The lowest BCUT2D eigenvalue weighted by Crippen LogP contribution is -2.46. The monoisotopic (exact) mass is 331 g/mol. The van der Waals surface area contributed by atoms with Crippen molar-refractivity contribution in [3.8, 4) is 0 Å². The lowest BCUT2D eigenvalue weighted by Gasteiger charge is -2.29. The van der Waals surface area contributed by atoms with Gasteiger partial charge in [-0.15, -0.1) is 0 Å². The van der Waals surface area contributed by atoms with E-state index in [1.54, 1.807) is 13.0 Å². The van der Waals surface area contributed by atoms with E-state index < -0.39 is 36.5 Å². The Morgan fingerprint density at radius 1 is 1.48 bits per heavy atom. The summed E-state index contributed by atoms with van der Waals surface area (Å²) in [7, 11) is 1.35. The van der Waals surface area contributed by atoms with Gasteiger partial charge in [-0.1, -0.05) is 0 Å². The molecule has 2 N–H and O–H groups in total. The van der Waals surface area contributed by atoms with Crippen LogP contribution in [0.1, 0.15) is 28.4 Å². The predicted octanol–water partition coefficient (Wildman–Crippen LogP) is 1.89. The van der Waals surface area contributed by atoms with Gasteiger partial charge in [0.05, 0.1) is 6.26 Å². The maximum Gasteiger partial charge on any atom is 0.424 e. The number of rotatable bonds is 5. The van der Waals surface area contributed by atoms with E-state index in [4.69, 9.17) is 4.42 Å². The van der Waals surface area contributed by atoms with Crippen LogP contribution in [-0.4, -0.2) is 33.3 Å². The van der Waals surface area contributed by atoms with E-state index in [1.165, 1.54) is 19.5 Å². The first-order valence-electron chi connectivity index (χ1n) is 6.76. The summed E-state index contributed by atoms with van der Waals surface area (Å²) in [6.45, 7) is 1.24. The first-order valence-corrected chi connectivity index (χ1v) is 6.76. The van der Waals surface area contributed by atoms with Crippen molar-refractivity contribution >= 4 is 5.91 Å². The molecule has 0 spiro atoms. The fourth-order valence-electron chi connectivity index (χ4n) is 2.19. The molecule has 0 aliphatic heterocycles. The number of nitrogens with one attached hydrogen (secondary N) is 1. The number of amides is 1. The molecular weight excluding hydrogens is 315 g/mol. The van der Waals surface area contributed by atoms with E-state index >= 15 is 0 Å². The van der Waals surface area contributed by atoms with Gasteiger partial charge in [-0.3, -0.25) is 4.79 Å². The average molecular weight is 331 g/mol. The number of imidazole rings is 1. The van der Waals surface area contributed by atoms with Gasteiger partial charge < -0.3 is 19.4 Å². The topological polar surface area (TPSA) is 80.3 Å². The molecule has 9 heteroatoms. The van der Waals surface area contributed by atoms with Crippen LogP contribution in [0.5, 0.6) is 0 Å². The Balaban J connectivity index is 2.10. The number of hydrogen-bond donors (Lipinski definition) is 2. The number of carbonyl (C=O) groups excluding carboxylic acids is 1. The van der Waals surface area contributed by atoms with Crippen LogP contribution < -0.4 is 5.32 Å². The second kappa shape index (κ2) is 6.07. The maximum absolute atomic E-state index is 13.3. The molecule has 0 aromatic carbocycles. The highest BCUT2D eigenvalue weighted by Crippen LogP contribution is 2.40. The second-order valence-corrected chi connectivity index (χ2v) is 5.16. The number of alkyl halides is 3. The Hall–Kier alpha value is -2.29. The van der Waals surface area contributed by atoms with E-state index in [1.807, 2.05) is 0 Å². The number of aromatic nitrogens is 2. The van der Waals surface area contributed by atoms with Gasteiger partial charge >= 0.3 is 6.18 Å². The Morgan fingerprint density at radius 2 is 2.17 bits per heavy atom. The molecule has 0 bridgehead atoms. The van der Waals surface area contributed by atoms with Gasteiger partial charge in [0.1, 0.15) is 5.82 Å². The molecule has 0 aliphatic rings. The van der Waals surface area contributed by atoms with Crippen molar-refractivity contribution in [3.63, 3.8) is 0 Å². The molecule has 0 aliphatic carbocycles. The fourth-order valence-corrected chi connectivity index (χ4v) is 2.19. The lowest BCUT2D eigenvalue weighted by atomic mass is 9.97. The normalized spacial score (nSPS) is 14.5. The minimum Gasteiger partial charge on any atom is -0.459 e. The zero-order valence-corrected chi connectivity index (χ0v) is 12.5. The molecule has 126 valence electrons. The van der Waals surface area contributed by atoms with Crippen molar-refractivity contribution < 1.29 is 27.5 Å². The Bertz CT molecular complexity index is 693. The molecule has 1 amide bonds. The zero-order chi connectivity index (χ0) is 17.3. The molecular formula is C14H16F3N3O3. The van der Waals surface area contributed by atoms with Crippen LogP contribution in [0.3, 0.4) is 0 Å². The third-order valence-corrected chi connectivity index (χ3v) is 3.50. The quantitative estimate of drug-likeness (QED) is 0.877. The van der Waals surface area contributed by atoms with Crippen molar-refractivity contribution in [3.05, 3.63) is 41.9 Å². The third-order valence-electron chi connectivity index (χ3n) is 3.50. The number of aliphatic hydroxyl groups is 1. The van der Waals surface area contributed by atoms with Gasteiger partial charge in [-0.2, -0.15) is 13.2 Å². The highest BCUT2D eigenvalue weighted by molar-refractivity contribution is 5.92. The van der Waals surface area contributed by atoms with Gasteiger partial charge in [0.15, 0.2) is 5.76 Å². The molecule has 2 aromatic heterocycles. The van der Waals surface area contributed by atoms with Crippen LogP contribution in [0.4, 0.5) is 13.2 Å². The van der Waals surface area contributed by atoms with Crippen LogP contribution in [0, 0.1) is 6.92 Å². The van der Waals surface area contributed by atoms with Crippen LogP contribution in [0.25, 0.3) is 0 Å². The second-order valence-electron chi connectivity index (χ2n) is 5.16. The minimum absolute atomic E-state index is 0.0255. The van der Waals surface area contributed by atoms with E-state index in [0.717, 1.165) is 10.8 Å². The number of hydrogen-bond acceptors (Lipinski definition) is 4. The summed E-state index contributed by atoms with van der Waals surface area (Å²) in [6, 6.07) is 1.56. The van der Waals surface area contributed by atoms with Crippen molar-refractivity contribution in [2.24, 2.45) is 7.05 Å².